The summed E-state index contributed by atoms with van der Waals surface area (Å²) in [5, 5.41) is 12.3. The number of carbonyl (C=O) groups is 2. The number of para-hydroxylation sites is 1. The molecule has 0 spiro atoms. The maximum Gasteiger partial charge on any atom is 0.262 e. The molecule has 3 rings (SSSR count). The largest absolute Gasteiger partial charge is 0.350 e. The molecule has 0 bridgehead atoms. The van der Waals surface area contributed by atoms with Crippen molar-refractivity contribution < 1.29 is 9.59 Å². The second kappa shape index (κ2) is 9.05. The quantitative estimate of drug-likeness (QED) is 0.625. The minimum atomic E-state index is -0.602. The molecule has 1 aromatic carbocycles. The first kappa shape index (κ1) is 20.8. The summed E-state index contributed by atoms with van der Waals surface area (Å²) < 4.78 is 1.88. The van der Waals surface area contributed by atoms with Gasteiger partial charge in [0, 0.05) is 17.8 Å². The van der Waals surface area contributed by atoms with Crippen molar-refractivity contribution >= 4 is 23.2 Å². The van der Waals surface area contributed by atoms with Gasteiger partial charge in [-0.1, -0.05) is 38.1 Å². The third-order valence-corrected chi connectivity index (χ3v) is 5.73. The number of hydrogen-bond acceptors (Lipinski definition) is 4. The van der Waals surface area contributed by atoms with E-state index >= 15 is 0 Å². The highest BCUT2D eigenvalue weighted by atomic mass is 32.1. The van der Waals surface area contributed by atoms with Gasteiger partial charge in [-0.15, -0.1) is 11.3 Å². The average Bonchev–Trinajstić information content (AvgIpc) is 3.33. The number of carbonyl (C=O) groups excluding carboxylic acids is 2. The molecule has 29 heavy (non-hydrogen) atoms. The van der Waals surface area contributed by atoms with Crippen molar-refractivity contribution in [3.8, 4) is 5.69 Å². The SMILES string of the molecule is Cc1nn(-c2ccccc2)c(C)c1CNC(=O)[C@H](NC(=O)c1cccs1)C(C)C. The lowest BCUT2D eigenvalue weighted by molar-refractivity contribution is -0.124. The molecule has 1 atom stereocenters. The molecule has 6 nitrogen and oxygen atoms in total. The van der Waals surface area contributed by atoms with Crippen LogP contribution in [0.5, 0.6) is 0 Å². The fourth-order valence-corrected chi connectivity index (χ4v) is 3.82. The van der Waals surface area contributed by atoms with Crippen LogP contribution in [-0.4, -0.2) is 27.6 Å². The Balaban J connectivity index is 1.70. The average molecular weight is 411 g/mol. The first-order chi connectivity index (χ1) is 13.9. The summed E-state index contributed by atoms with van der Waals surface area (Å²) in [5.41, 5.74) is 3.82. The summed E-state index contributed by atoms with van der Waals surface area (Å²) in [6, 6.07) is 12.9. The van der Waals surface area contributed by atoms with E-state index in [0.717, 1.165) is 22.6 Å². The zero-order valence-corrected chi connectivity index (χ0v) is 17.9. The van der Waals surface area contributed by atoms with Crippen LogP contribution in [0.25, 0.3) is 5.69 Å². The molecule has 0 aliphatic rings. The van der Waals surface area contributed by atoms with E-state index in [9.17, 15) is 9.59 Å². The highest BCUT2D eigenvalue weighted by Gasteiger charge is 2.25. The number of nitrogens with zero attached hydrogens (tertiary/aromatic N) is 2. The van der Waals surface area contributed by atoms with Gasteiger partial charge in [0.25, 0.3) is 5.91 Å². The summed E-state index contributed by atoms with van der Waals surface area (Å²) in [4.78, 5) is 25.8. The van der Waals surface area contributed by atoms with Crippen molar-refractivity contribution in [1.29, 1.82) is 0 Å². The molecule has 0 aliphatic heterocycles. The normalized spacial score (nSPS) is 12.0. The van der Waals surface area contributed by atoms with E-state index in [1.54, 1.807) is 6.07 Å². The Hall–Kier alpha value is -2.93. The maximum atomic E-state index is 12.8. The van der Waals surface area contributed by atoms with Crippen LogP contribution in [0.15, 0.2) is 47.8 Å². The van der Waals surface area contributed by atoms with Gasteiger partial charge in [-0.2, -0.15) is 5.10 Å². The van der Waals surface area contributed by atoms with Gasteiger partial charge in [-0.3, -0.25) is 9.59 Å². The minimum absolute atomic E-state index is 0.0341. The molecular formula is C22H26N4O2S. The van der Waals surface area contributed by atoms with Crippen molar-refractivity contribution in [2.45, 2.75) is 40.3 Å². The van der Waals surface area contributed by atoms with Crippen molar-refractivity contribution in [2.24, 2.45) is 5.92 Å². The van der Waals surface area contributed by atoms with Crippen LogP contribution in [0.1, 0.15) is 40.5 Å². The number of hydrogen-bond donors (Lipinski definition) is 2. The minimum Gasteiger partial charge on any atom is -0.350 e. The van der Waals surface area contributed by atoms with Crippen LogP contribution >= 0.6 is 11.3 Å². The zero-order chi connectivity index (χ0) is 21.0. The van der Waals surface area contributed by atoms with Crippen molar-refractivity contribution in [1.82, 2.24) is 20.4 Å². The Kier molecular flexibility index (Phi) is 6.49. The molecular weight excluding hydrogens is 384 g/mol. The van der Waals surface area contributed by atoms with Gasteiger partial charge in [0.05, 0.1) is 16.3 Å². The Morgan fingerprint density at radius 3 is 2.45 bits per heavy atom. The van der Waals surface area contributed by atoms with E-state index in [1.807, 2.05) is 74.2 Å². The number of rotatable bonds is 7. The monoisotopic (exact) mass is 410 g/mol. The molecule has 2 amide bonds. The van der Waals surface area contributed by atoms with Gasteiger partial charge in [0.15, 0.2) is 0 Å². The molecule has 2 N–H and O–H groups in total. The van der Waals surface area contributed by atoms with Crippen LogP contribution in [0, 0.1) is 19.8 Å². The van der Waals surface area contributed by atoms with E-state index in [4.69, 9.17) is 0 Å². The van der Waals surface area contributed by atoms with Gasteiger partial charge in [-0.25, -0.2) is 4.68 Å². The molecule has 0 saturated carbocycles. The summed E-state index contributed by atoms with van der Waals surface area (Å²) >= 11 is 1.36. The number of amides is 2. The lowest BCUT2D eigenvalue weighted by Gasteiger charge is -2.21. The van der Waals surface area contributed by atoms with Gasteiger partial charge < -0.3 is 10.6 Å². The molecule has 0 unspecified atom stereocenters. The molecule has 152 valence electrons. The number of nitrogens with one attached hydrogen (secondary N) is 2. The van der Waals surface area contributed by atoms with Gasteiger partial charge >= 0.3 is 0 Å². The van der Waals surface area contributed by atoms with Crippen LogP contribution in [0.2, 0.25) is 0 Å². The summed E-state index contributed by atoms with van der Waals surface area (Å²) in [6.45, 7) is 8.13. The number of aromatic nitrogens is 2. The second-order valence-electron chi connectivity index (χ2n) is 7.29. The molecule has 2 aromatic heterocycles. The molecule has 7 heteroatoms. The number of thiophene rings is 1. The van der Waals surface area contributed by atoms with Crippen molar-refractivity contribution in [3.63, 3.8) is 0 Å². The Morgan fingerprint density at radius 1 is 1.10 bits per heavy atom. The van der Waals surface area contributed by atoms with E-state index < -0.39 is 6.04 Å². The van der Waals surface area contributed by atoms with Crippen LogP contribution in [0.4, 0.5) is 0 Å². The highest BCUT2D eigenvalue weighted by Crippen LogP contribution is 2.18. The number of aryl methyl sites for hydroxylation is 1. The first-order valence-electron chi connectivity index (χ1n) is 9.61. The van der Waals surface area contributed by atoms with Crippen molar-refractivity contribution in [3.05, 3.63) is 69.7 Å². The zero-order valence-electron chi connectivity index (χ0n) is 17.1. The Labute approximate surface area is 175 Å². The standard InChI is InChI=1S/C22H26N4O2S/c1-14(2)20(24-21(27)19-11-8-12-29-19)22(28)23-13-18-15(3)25-26(16(18)4)17-9-6-5-7-10-17/h5-12,14,20H,13H2,1-4H3,(H,23,28)(H,24,27)/t20-/m1/s1. The maximum absolute atomic E-state index is 12.8. The van der Waals surface area contributed by atoms with E-state index in [0.29, 0.717) is 11.4 Å². The predicted molar refractivity (Wildman–Crippen MR) is 115 cm³/mol. The molecule has 0 radical (unpaired) electrons. The lowest BCUT2D eigenvalue weighted by atomic mass is 10.0. The van der Waals surface area contributed by atoms with Gasteiger partial charge in [-0.05, 0) is 43.3 Å². The van der Waals surface area contributed by atoms with Gasteiger partial charge in [0.2, 0.25) is 5.91 Å². The third kappa shape index (κ3) is 4.74. The molecule has 3 aromatic rings. The van der Waals surface area contributed by atoms with E-state index in [1.165, 1.54) is 11.3 Å². The summed E-state index contributed by atoms with van der Waals surface area (Å²) in [6.07, 6.45) is 0. The smallest absolute Gasteiger partial charge is 0.262 e. The fraction of sp³-hybridized carbons (Fsp3) is 0.318. The lowest BCUT2D eigenvalue weighted by Crippen LogP contribution is -2.49. The topological polar surface area (TPSA) is 76.0 Å². The van der Waals surface area contributed by atoms with Crippen LogP contribution in [-0.2, 0) is 11.3 Å². The van der Waals surface area contributed by atoms with Crippen LogP contribution < -0.4 is 10.6 Å². The van der Waals surface area contributed by atoms with Gasteiger partial charge in [0.1, 0.15) is 6.04 Å². The second-order valence-corrected chi connectivity index (χ2v) is 8.23. The highest BCUT2D eigenvalue weighted by molar-refractivity contribution is 7.12. The molecule has 0 saturated heterocycles. The first-order valence-corrected chi connectivity index (χ1v) is 10.5. The molecule has 2 heterocycles. The Bertz CT molecular complexity index is 978. The number of benzene rings is 1. The summed E-state index contributed by atoms with van der Waals surface area (Å²) in [5.74, 6) is -0.456. The summed E-state index contributed by atoms with van der Waals surface area (Å²) in [7, 11) is 0. The molecule has 0 aliphatic carbocycles. The third-order valence-electron chi connectivity index (χ3n) is 4.86. The predicted octanol–water partition coefficient (Wildman–Crippen LogP) is 3.62. The molecule has 0 fully saturated rings. The van der Waals surface area contributed by atoms with E-state index in [-0.39, 0.29) is 17.7 Å². The van der Waals surface area contributed by atoms with Crippen molar-refractivity contribution in [2.75, 3.05) is 0 Å². The fourth-order valence-electron chi connectivity index (χ4n) is 3.19. The van der Waals surface area contributed by atoms with Crippen LogP contribution in [0.3, 0.4) is 0 Å². The Morgan fingerprint density at radius 2 is 1.83 bits per heavy atom. The van der Waals surface area contributed by atoms with E-state index in [2.05, 4.69) is 15.7 Å².